The summed E-state index contributed by atoms with van der Waals surface area (Å²) in [7, 11) is 2.57. The smallest absolute Gasteiger partial charge is 0.339 e. The quantitative estimate of drug-likeness (QED) is 0.866. The Morgan fingerprint density at radius 3 is 2.13 bits per heavy atom. The van der Waals surface area contributed by atoms with Crippen LogP contribution in [0.15, 0.2) is 24.3 Å². The van der Waals surface area contributed by atoms with Gasteiger partial charge in [0.25, 0.3) is 0 Å². The summed E-state index contributed by atoms with van der Waals surface area (Å²) in [6.45, 7) is 3.68. The number of nitrogens with one attached hydrogen (secondary N) is 1. The van der Waals surface area contributed by atoms with E-state index in [2.05, 4.69) is 15.3 Å². The zero-order chi connectivity index (χ0) is 17.0. The first-order chi connectivity index (χ1) is 10.9. The van der Waals surface area contributed by atoms with Crippen LogP contribution in [0, 0.1) is 13.8 Å². The van der Waals surface area contributed by atoms with E-state index in [0.29, 0.717) is 17.2 Å². The molecule has 0 atom stereocenters. The van der Waals surface area contributed by atoms with Gasteiger partial charge in [-0.1, -0.05) is 0 Å². The Kier molecular flexibility index (Phi) is 4.90. The molecule has 2 aromatic rings. The number of hydrogen-bond acceptors (Lipinski definition) is 7. The van der Waals surface area contributed by atoms with E-state index < -0.39 is 11.9 Å². The molecule has 1 heterocycles. The van der Waals surface area contributed by atoms with Crippen LogP contribution in [-0.4, -0.2) is 36.1 Å². The zero-order valence-electron chi connectivity index (χ0n) is 13.3. The van der Waals surface area contributed by atoms with Gasteiger partial charge in [0.05, 0.1) is 31.0 Å². The molecule has 0 fully saturated rings. The molecule has 0 spiro atoms. The maximum absolute atomic E-state index is 11.9. The van der Waals surface area contributed by atoms with E-state index in [4.69, 9.17) is 9.47 Å². The number of rotatable bonds is 4. The number of nitrogens with zero attached hydrogens (tertiary/aromatic N) is 2. The van der Waals surface area contributed by atoms with Crippen molar-refractivity contribution in [2.75, 3.05) is 19.5 Å². The monoisotopic (exact) mass is 315 g/mol. The second kappa shape index (κ2) is 6.87. The summed E-state index contributed by atoms with van der Waals surface area (Å²) in [4.78, 5) is 32.1. The van der Waals surface area contributed by atoms with Crippen molar-refractivity contribution in [2.24, 2.45) is 0 Å². The predicted molar refractivity (Wildman–Crippen MR) is 83.9 cm³/mol. The molecule has 0 unspecified atom stereocenters. The van der Waals surface area contributed by atoms with Gasteiger partial charge in [-0.05, 0) is 38.1 Å². The minimum Gasteiger partial charge on any atom is -0.465 e. The molecule has 0 saturated heterocycles. The van der Waals surface area contributed by atoms with Crippen LogP contribution < -0.4 is 5.32 Å². The van der Waals surface area contributed by atoms with Crippen LogP contribution >= 0.6 is 0 Å². The molecule has 7 heteroatoms. The summed E-state index contributed by atoms with van der Waals surface area (Å²) < 4.78 is 9.45. The highest BCUT2D eigenvalue weighted by Gasteiger charge is 2.16. The molecule has 0 aliphatic rings. The zero-order valence-corrected chi connectivity index (χ0v) is 13.3. The van der Waals surface area contributed by atoms with Crippen LogP contribution in [-0.2, 0) is 9.47 Å². The normalized spacial score (nSPS) is 10.1. The van der Waals surface area contributed by atoms with Gasteiger partial charge >= 0.3 is 11.9 Å². The summed E-state index contributed by atoms with van der Waals surface area (Å²) >= 11 is 0. The van der Waals surface area contributed by atoms with Crippen LogP contribution in [0.2, 0.25) is 0 Å². The van der Waals surface area contributed by atoms with Gasteiger partial charge in [0.2, 0.25) is 5.95 Å². The molecule has 0 aliphatic carbocycles. The van der Waals surface area contributed by atoms with Crippen LogP contribution in [0.1, 0.15) is 32.1 Å². The highest BCUT2D eigenvalue weighted by Crippen LogP contribution is 2.22. The minimum atomic E-state index is -0.534. The van der Waals surface area contributed by atoms with E-state index in [1.807, 2.05) is 19.9 Å². The lowest BCUT2D eigenvalue weighted by atomic mass is 10.1. The first-order valence-corrected chi connectivity index (χ1v) is 6.84. The highest BCUT2D eigenvalue weighted by molar-refractivity contribution is 5.99. The van der Waals surface area contributed by atoms with Gasteiger partial charge in [-0.25, -0.2) is 19.6 Å². The molecule has 0 radical (unpaired) electrons. The van der Waals surface area contributed by atoms with Gasteiger partial charge in [0, 0.05) is 11.4 Å². The van der Waals surface area contributed by atoms with E-state index in [9.17, 15) is 9.59 Å². The molecule has 120 valence electrons. The number of esters is 2. The van der Waals surface area contributed by atoms with E-state index in [1.165, 1.54) is 32.4 Å². The van der Waals surface area contributed by atoms with Crippen molar-refractivity contribution in [3.05, 3.63) is 46.8 Å². The molecular weight excluding hydrogens is 298 g/mol. The van der Waals surface area contributed by atoms with E-state index in [0.717, 1.165) is 11.4 Å². The van der Waals surface area contributed by atoms with E-state index >= 15 is 0 Å². The molecule has 0 amide bonds. The fourth-order valence-electron chi connectivity index (χ4n) is 2.08. The van der Waals surface area contributed by atoms with Gasteiger partial charge in [-0.2, -0.15) is 0 Å². The molecule has 1 N–H and O–H groups in total. The van der Waals surface area contributed by atoms with Crippen molar-refractivity contribution >= 4 is 23.6 Å². The molecule has 1 aromatic carbocycles. The first kappa shape index (κ1) is 16.4. The molecule has 0 saturated carbocycles. The number of ether oxygens (including phenoxy) is 2. The summed E-state index contributed by atoms with van der Waals surface area (Å²) in [6, 6.07) is 6.31. The Balaban J connectivity index is 2.47. The molecule has 0 bridgehead atoms. The van der Waals surface area contributed by atoms with Gasteiger partial charge in [-0.3, -0.25) is 0 Å². The second-order valence-corrected chi connectivity index (χ2v) is 4.84. The third-order valence-electron chi connectivity index (χ3n) is 3.07. The lowest BCUT2D eigenvalue weighted by Gasteiger charge is -2.12. The van der Waals surface area contributed by atoms with Gasteiger partial charge < -0.3 is 14.8 Å². The third-order valence-corrected chi connectivity index (χ3v) is 3.07. The Hall–Kier alpha value is -2.96. The lowest BCUT2D eigenvalue weighted by Crippen LogP contribution is -2.10. The van der Waals surface area contributed by atoms with Crippen molar-refractivity contribution in [3.63, 3.8) is 0 Å². The van der Waals surface area contributed by atoms with Crippen LogP contribution in [0.4, 0.5) is 11.6 Å². The average molecular weight is 315 g/mol. The number of anilines is 2. The third kappa shape index (κ3) is 3.82. The van der Waals surface area contributed by atoms with Crippen molar-refractivity contribution < 1.29 is 19.1 Å². The number of aromatic nitrogens is 2. The molecule has 23 heavy (non-hydrogen) atoms. The van der Waals surface area contributed by atoms with Gasteiger partial charge in [0.1, 0.15) is 0 Å². The fraction of sp³-hybridized carbons (Fsp3) is 0.250. The van der Waals surface area contributed by atoms with Gasteiger partial charge in [-0.15, -0.1) is 0 Å². The van der Waals surface area contributed by atoms with E-state index in [1.54, 1.807) is 0 Å². The van der Waals surface area contributed by atoms with Gasteiger partial charge in [0.15, 0.2) is 0 Å². The summed E-state index contributed by atoms with van der Waals surface area (Å²) in [5, 5.41) is 2.96. The van der Waals surface area contributed by atoms with Crippen LogP contribution in [0.5, 0.6) is 0 Å². The SMILES string of the molecule is COC(=O)c1ccc(C(=O)OC)c(Nc2nc(C)cc(C)n2)c1. The average Bonchev–Trinajstić information content (AvgIpc) is 2.52. The molecule has 1 aromatic heterocycles. The largest absolute Gasteiger partial charge is 0.465 e. The highest BCUT2D eigenvalue weighted by atomic mass is 16.5. The van der Waals surface area contributed by atoms with Crippen molar-refractivity contribution in [1.82, 2.24) is 9.97 Å². The molecule has 7 nitrogen and oxygen atoms in total. The number of carbonyl (C=O) groups excluding carboxylic acids is 2. The molecular formula is C16H17N3O4. The molecule has 2 rings (SSSR count). The lowest BCUT2D eigenvalue weighted by molar-refractivity contribution is 0.0587. The Morgan fingerprint density at radius 2 is 1.57 bits per heavy atom. The van der Waals surface area contributed by atoms with E-state index in [-0.39, 0.29) is 5.56 Å². The maximum atomic E-state index is 11.9. The maximum Gasteiger partial charge on any atom is 0.339 e. The number of benzene rings is 1. The Bertz CT molecular complexity index is 739. The van der Waals surface area contributed by atoms with Crippen molar-refractivity contribution in [3.8, 4) is 0 Å². The number of methoxy groups -OCH3 is 2. The fourth-order valence-corrected chi connectivity index (χ4v) is 2.08. The predicted octanol–water partition coefficient (Wildman–Crippen LogP) is 2.41. The topological polar surface area (TPSA) is 90.4 Å². The number of aryl methyl sites for hydroxylation is 2. The van der Waals surface area contributed by atoms with Crippen molar-refractivity contribution in [1.29, 1.82) is 0 Å². The second-order valence-electron chi connectivity index (χ2n) is 4.84. The number of carbonyl (C=O) groups is 2. The summed E-state index contributed by atoms with van der Waals surface area (Å²) in [6.07, 6.45) is 0. The Labute approximate surface area is 133 Å². The van der Waals surface area contributed by atoms with Crippen LogP contribution in [0.25, 0.3) is 0 Å². The summed E-state index contributed by atoms with van der Waals surface area (Å²) in [5.41, 5.74) is 2.49. The number of hydrogen-bond donors (Lipinski definition) is 1. The summed E-state index contributed by atoms with van der Waals surface area (Å²) in [5.74, 6) is -0.714. The standard InChI is InChI=1S/C16H17N3O4/c1-9-7-10(2)18-16(17-9)19-13-8-11(14(20)22-3)5-6-12(13)15(21)23-4/h5-8H,1-4H3,(H,17,18,19). The van der Waals surface area contributed by atoms with Crippen LogP contribution in [0.3, 0.4) is 0 Å². The first-order valence-electron chi connectivity index (χ1n) is 6.84. The minimum absolute atomic E-state index is 0.267. The molecule has 0 aliphatic heterocycles. The van der Waals surface area contributed by atoms with Crippen molar-refractivity contribution in [2.45, 2.75) is 13.8 Å². The Morgan fingerprint density at radius 1 is 0.957 bits per heavy atom.